The van der Waals surface area contributed by atoms with Gasteiger partial charge in [0.2, 0.25) is 0 Å². The number of likely N-dealkylation sites (N-methyl/N-ethyl adjacent to an activating group) is 1. The van der Waals surface area contributed by atoms with Crippen molar-refractivity contribution in [1.29, 1.82) is 0 Å². The minimum atomic E-state index is -0.981. The predicted octanol–water partition coefficient (Wildman–Crippen LogP) is 2.17. The predicted molar refractivity (Wildman–Crippen MR) is 81.3 cm³/mol. The van der Waals surface area contributed by atoms with Gasteiger partial charge in [0, 0.05) is 24.0 Å². The van der Waals surface area contributed by atoms with Crippen molar-refractivity contribution in [3.63, 3.8) is 0 Å². The molecule has 1 aromatic rings. The van der Waals surface area contributed by atoms with Gasteiger partial charge in [0.25, 0.3) is 0 Å². The maximum atomic E-state index is 11.2. The molecule has 1 fully saturated rings. The summed E-state index contributed by atoms with van der Waals surface area (Å²) in [4.78, 5) is 13.6. The Morgan fingerprint density at radius 1 is 1.55 bits per heavy atom. The second-order valence-corrected chi connectivity index (χ2v) is 5.37. The Morgan fingerprint density at radius 2 is 2.30 bits per heavy atom. The third-order valence-electron chi connectivity index (χ3n) is 4.06. The molecule has 0 amide bonds. The summed E-state index contributed by atoms with van der Waals surface area (Å²) in [5, 5.41) is 12.5. The molecule has 5 nitrogen and oxygen atoms in total. The number of benzene rings is 1. The van der Waals surface area contributed by atoms with Crippen molar-refractivity contribution >= 4 is 17.3 Å². The molecule has 1 saturated heterocycles. The average Bonchev–Trinajstić information content (AvgIpc) is 2.87. The summed E-state index contributed by atoms with van der Waals surface area (Å²) in [5.41, 5.74) is 7.94. The van der Waals surface area contributed by atoms with E-state index in [1.165, 1.54) is 12.8 Å². The molecule has 0 radical (unpaired) electrons. The van der Waals surface area contributed by atoms with Crippen LogP contribution >= 0.6 is 0 Å². The van der Waals surface area contributed by atoms with Gasteiger partial charge < -0.3 is 16.2 Å². The molecule has 20 heavy (non-hydrogen) atoms. The van der Waals surface area contributed by atoms with Gasteiger partial charge in [-0.1, -0.05) is 6.92 Å². The van der Waals surface area contributed by atoms with Crippen molar-refractivity contribution < 1.29 is 9.90 Å². The zero-order chi connectivity index (χ0) is 14.7. The van der Waals surface area contributed by atoms with Gasteiger partial charge in [0.05, 0.1) is 5.56 Å². The fourth-order valence-electron chi connectivity index (χ4n) is 2.86. The van der Waals surface area contributed by atoms with E-state index in [1.807, 2.05) is 13.0 Å². The summed E-state index contributed by atoms with van der Waals surface area (Å²) in [6.45, 7) is 7.07. The first kappa shape index (κ1) is 14.7. The summed E-state index contributed by atoms with van der Waals surface area (Å²) in [6, 6.07) is 4.06. The number of carboxylic acid groups (broad SMARTS) is 1. The molecule has 0 aliphatic carbocycles. The molecule has 0 bridgehead atoms. The lowest BCUT2D eigenvalue weighted by molar-refractivity contribution is 0.0698. The van der Waals surface area contributed by atoms with Crippen LogP contribution in [0.1, 0.15) is 35.7 Å². The number of aryl methyl sites for hydroxylation is 1. The topological polar surface area (TPSA) is 78.6 Å². The maximum Gasteiger partial charge on any atom is 0.337 e. The molecule has 1 aromatic carbocycles. The maximum absolute atomic E-state index is 11.2. The highest BCUT2D eigenvalue weighted by molar-refractivity contribution is 5.95. The molecule has 1 aliphatic rings. The van der Waals surface area contributed by atoms with Crippen molar-refractivity contribution in [2.75, 3.05) is 30.7 Å². The number of carboxylic acids is 1. The molecule has 4 N–H and O–H groups in total. The number of nitrogens with one attached hydrogen (secondary N) is 1. The van der Waals surface area contributed by atoms with E-state index >= 15 is 0 Å². The van der Waals surface area contributed by atoms with E-state index in [0.29, 0.717) is 11.7 Å². The first-order valence-electron chi connectivity index (χ1n) is 7.14. The van der Waals surface area contributed by atoms with Crippen molar-refractivity contribution in [3.8, 4) is 0 Å². The van der Waals surface area contributed by atoms with Crippen LogP contribution in [0, 0.1) is 6.92 Å². The standard InChI is InChI=1S/C15H23N3O2/c1-3-18-6-4-5-12(18)9-17-11-7-10(2)14(16)13(8-11)15(19)20/h7-8,12,17H,3-6,9,16H2,1-2H3,(H,19,20). The highest BCUT2D eigenvalue weighted by Gasteiger charge is 2.22. The van der Waals surface area contributed by atoms with Crippen molar-refractivity contribution in [1.82, 2.24) is 4.90 Å². The van der Waals surface area contributed by atoms with Crippen LogP contribution in [0.2, 0.25) is 0 Å². The molecular formula is C15H23N3O2. The Labute approximate surface area is 119 Å². The third kappa shape index (κ3) is 3.04. The van der Waals surface area contributed by atoms with Crippen molar-refractivity contribution in [2.45, 2.75) is 32.7 Å². The second kappa shape index (κ2) is 6.13. The lowest BCUT2D eigenvalue weighted by Gasteiger charge is -2.23. The number of nitrogen functional groups attached to an aromatic ring is 1. The van der Waals surface area contributed by atoms with Crippen LogP contribution < -0.4 is 11.1 Å². The number of nitrogens with zero attached hydrogens (tertiary/aromatic N) is 1. The molecular weight excluding hydrogens is 254 g/mol. The molecule has 1 atom stereocenters. The van der Waals surface area contributed by atoms with Crippen LogP contribution in [-0.4, -0.2) is 41.7 Å². The van der Waals surface area contributed by atoms with Crippen molar-refractivity contribution in [3.05, 3.63) is 23.3 Å². The number of nitrogens with two attached hydrogens (primary N) is 1. The van der Waals surface area contributed by atoms with Crippen molar-refractivity contribution in [2.24, 2.45) is 0 Å². The van der Waals surface area contributed by atoms with Gasteiger partial charge in [0.1, 0.15) is 0 Å². The van der Waals surface area contributed by atoms with Gasteiger partial charge in [-0.15, -0.1) is 0 Å². The van der Waals surface area contributed by atoms with Crippen LogP contribution in [0.15, 0.2) is 12.1 Å². The average molecular weight is 277 g/mol. The molecule has 0 aromatic heterocycles. The number of anilines is 2. The smallest absolute Gasteiger partial charge is 0.337 e. The van der Waals surface area contributed by atoms with E-state index in [0.717, 1.165) is 30.9 Å². The Balaban J connectivity index is 2.08. The minimum Gasteiger partial charge on any atom is -0.478 e. The second-order valence-electron chi connectivity index (χ2n) is 5.37. The van der Waals surface area contributed by atoms with E-state index < -0.39 is 5.97 Å². The van der Waals surface area contributed by atoms with Crippen LogP contribution in [0.4, 0.5) is 11.4 Å². The number of hydrogen-bond donors (Lipinski definition) is 3. The Bertz CT molecular complexity index is 502. The van der Waals surface area contributed by atoms with E-state index in [4.69, 9.17) is 10.8 Å². The molecule has 2 rings (SSSR count). The van der Waals surface area contributed by atoms with Crippen LogP contribution in [0.5, 0.6) is 0 Å². The Morgan fingerprint density at radius 3 is 2.95 bits per heavy atom. The van der Waals surface area contributed by atoms with Gasteiger partial charge in [-0.05, 0) is 50.6 Å². The Hall–Kier alpha value is -1.75. The number of likely N-dealkylation sites (tertiary alicyclic amines) is 1. The zero-order valence-electron chi connectivity index (χ0n) is 12.1. The lowest BCUT2D eigenvalue weighted by atomic mass is 10.1. The fraction of sp³-hybridized carbons (Fsp3) is 0.533. The van der Waals surface area contributed by atoms with Gasteiger partial charge in [-0.2, -0.15) is 0 Å². The Kier molecular flexibility index (Phi) is 4.49. The van der Waals surface area contributed by atoms with Gasteiger partial charge in [-0.25, -0.2) is 4.79 Å². The summed E-state index contributed by atoms with van der Waals surface area (Å²) >= 11 is 0. The molecule has 1 heterocycles. The molecule has 110 valence electrons. The molecule has 1 unspecified atom stereocenters. The highest BCUT2D eigenvalue weighted by atomic mass is 16.4. The first-order chi connectivity index (χ1) is 9.52. The lowest BCUT2D eigenvalue weighted by Crippen LogP contribution is -2.34. The number of carbonyl (C=O) groups is 1. The largest absolute Gasteiger partial charge is 0.478 e. The fourth-order valence-corrected chi connectivity index (χ4v) is 2.86. The summed E-state index contributed by atoms with van der Waals surface area (Å²) in [7, 11) is 0. The zero-order valence-corrected chi connectivity index (χ0v) is 12.1. The van der Waals surface area contributed by atoms with Gasteiger partial charge in [0.15, 0.2) is 0 Å². The van der Waals surface area contributed by atoms with E-state index in [9.17, 15) is 4.79 Å². The van der Waals surface area contributed by atoms with E-state index in [1.54, 1.807) is 6.07 Å². The van der Waals surface area contributed by atoms with Crippen LogP contribution in [-0.2, 0) is 0 Å². The SMILES string of the molecule is CCN1CCCC1CNc1cc(C)c(N)c(C(=O)O)c1. The van der Waals surface area contributed by atoms with Crippen LogP contribution in [0.3, 0.4) is 0 Å². The normalized spacial score (nSPS) is 19.2. The monoisotopic (exact) mass is 277 g/mol. The molecule has 5 heteroatoms. The molecule has 0 saturated carbocycles. The number of hydrogen-bond acceptors (Lipinski definition) is 4. The van der Waals surface area contributed by atoms with E-state index in [2.05, 4.69) is 17.1 Å². The number of aromatic carboxylic acids is 1. The summed E-state index contributed by atoms with van der Waals surface area (Å²) < 4.78 is 0. The first-order valence-corrected chi connectivity index (χ1v) is 7.14. The molecule has 1 aliphatic heterocycles. The van der Waals surface area contributed by atoms with Gasteiger partial charge >= 0.3 is 5.97 Å². The van der Waals surface area contributed by atoms with Crippen LogP contribution in [0.25, 0.3) is 0 Å². The number of rotatable bonds is 5. The highest BCUT2D eigenvalue weighted by Crippen LogP contribution is 2.24. The molecule has 0 spiro atoms. The quantitative estimate of drug-likeness (QED) is 0.719. The van der Waals surface area contributed by atoms with Gasteiger partial charge in [-0.3, -0.25) is 4.90 Å². The van der Waals surface area contributed by atoms with E-state index in [-0.39, 0.29) is 5.56 Å². The third-order valence-corrected chi connectivity index (χ3v) is 4.06. The summed E-state index contributed by atoms with van der Waals surface area (Å²) in [5.74, 6) is -0.981. The minimum absolute atomic E-state index is 0.172. The summed E-state index contributed by atoms with van der Waals surface area (Å²) in [6.07, 6.45) is 2.43.